The zero-order chi connectivity index (χ0) is 38.6. The van der Waals surface area contributed by atoms with Gasteiger partial charge in [0.15, 0.2) is 0 Å². The Kier molecular flexibility index (Phi) is 6.89. The molecule has 0 radical (unpaired) electrons. The van der Waals surface area contributed by atoms with Gasteiger partial charge in [-0.25, -0.2) is 4.98 Å². The average molecular weight is 768 g/mol. The first-order chi connectivity index (χ1) is 29.3. The van der Waals surface area contributed by atoms with Gasteiger partial charge in [0.25, 0.3) is 0 Å². The largest absolute Gasteiger partial charge is 0.309 e. The molecule has 13 rings (SSSR count). The van der Waals surface area contributed by atoms with Crippen LogP contribution in [0.1, 0.15) is 0 Å². The molecule has 3 nitrogen and oxygen atoms in total. The van der Waals surface area contributed by atoms with E-state index in [9.17, 15) is 0 Å². The van der Waals surface area contributed by atoms with Gasteiger partial charge < -0.3 is 9.13 Å². The summed E-state index contributed by atoms with van der Waals surface area (Å²) in [4.78, 5) is 5.43. The van der Waals surface area contributed by atoms with Crippen LogP contribution in [0, 0.1) is 0 Å². The summed E-state index contributed by atoms with van der Waals surface area (Å²) in [5, 5.41) is 11.2. The van der Waals surface area contributed by atoms with Crippen LogP contribution >= 0.6 is 11.3 Å². The van der Waals surface area contributed by atoms with E-state index in [-0.39, 0.29) is 0 Å². The lowest BCUT2D eigenvalue weighted by Crippen LogP contribution is -2.00. The molecule has 274 valence electrons. The Balaban J connectivity index is 1.09. The molecule has 0 aliphatic carbocycles. The van der Waals surface area contributed by atoms with Crippen LogP contribution in [0.25, 0.3) is 119 Å². The van der Waals surface area contributed by atoms with Crippen LogP contribution in [-0.4, -0.2) is 14.1 Å². The summed E-state index contributed by atoms with van der Waals surface area (Å²) in [7, 11) is 0. The molecule has 0 unspecified atom stereocenters. The number of benzene rings is 9. The van der Waals surface area contributed by atoms with E-state index in [1.807, 2.05) is 11.3 Å². The summed E-state index contributed by atoms with van der Waals surface area (Å²) >= 11 is 1.86. The molecule has 0 saturated carbocycles. The molecule has 9 aromatic carbocycles. The quantitative estimate of drug-likeness (QED) is 0.164. The second kappa shape index (κ2) is 12.5. The molecule has 0 fully saturated rings. The summed E-state index contributed by atoms with van der Waals surface area (Å²) < 4.78 is 7.48. The molecule has 4 aromatic heterocycles. The molecule has 0 aliphatic heterocycles. The number of hydrogen-bond donors (Lipinski definition) is 0. The fourth-order valence-electron chi connectivity index (χ4n) is 9.74. The predicted molar refractivity (Wildman–Crippen MR) is 252 cm³/mol. The van der Waals surface area contributed by atoms with Crippen molar-refractivity contribution in [3.63, 3.8) is 0 Å². The van der Waals surface area contributed by atoms with Crippen molar-refractivity contribution < 1.29 is 0 Å². The van der Waals surface area contributed by atoms with E-state index in [4.69, 9.17) is 4.98 Å². The van der Waals surface area contributed by atoms with Crippen LogP contribution in [-0.2, 0) is 0 Å². The highest BCUT2D eigenvalue weighted by Crippen LogP contribution is 2.44. The van der Waals surface area contributed by atoms with Crippen molar-refractivity contribution in [1.82, 2.24) is 14.1 Å². The number of para-hydroxylation sites is 5. The molecule has 0 aliphatic rings. The van der Waals surface area contributed by atoms with Gasteiger partial charge in [0, 0.05) is 74.8 Å². The van der Waals surface area contributed by atoms with Crippen LogP contribution in [0.5, 0.6) is 0 Å². The number of nitrogens with zero attached hydrogens (tertiary/aromatic N) is 3. The minimum absolute atomic E-state index is 0.999. The van der Waals surface area contributed by atoms with Gasteiger partial charge in [0.2, 0.25) is 0 Å². The lowest BCUT2D eigenvalue weighted by molar-refractivity contribution is 1.13. The third-order valence-electron chi connectivity index (χ3n) is 12.3. The Hall–Kier alpha value is -7.53. The number of fused-ring (bicyclic) bond motifs is 13. The summed E-state index contributed by atoms with van der Waals surface area (Å²) in [6.07, 6.45) is 0. The Morgan fingerprint density at radius 3 is 1.44 bits per heavy atom. The van der Waals surface area contributed by atoms with Gasteiger partial charge in [-0.2, -0.15) is 0 Å². The van der Waals surface area contributed by atoms with E-state index in [0.717, 1.165) is 39.3 Å². The van der Waals surface area contributed by atoms with Gasteiger partial charge in [-0.05, 0) is 77.9 Å². The standard InChI is InChI=1S/C55H33N3S/c1-7-22-46-43(20-1)53-45(28-29-52-54(53)44-21-6-12-27-51(44)59-52)55(56-46)35-15-13-14-34(30-35)36-31-37(57-47-23-8-2-16-39(47)40-17-3-9-24-48(40)57)33-38(32-36)58-49-25-10-4-18-41(49)42-19-5-11-26-50(42)58/h1-33H. The second-order valence-corrected chi connectivity index (χ2v) is 16.6. The molecule has 4 heterocycles. The number of pyridine rings is 1. The fourth-order valence-corrected chi connectivity index (χ4v) is 10.9. The van der Waals surface area contributed by atoms with E-state index in [2.05, 4.69) is 209 Å². The van der Waals surface area contributed by atoms with Gasteiger partial charge in [0.05, 0.1) is 33.3 Å². The maximum absolute atomic E-state index is 5.43. The summed E-state index contributed by atoms with van der Waals surface area (Å²) in [5.74, 6) is 0. The molecule has 13 aromatic rings. The highest BCUT2D eigenvalue weighted by atomic mass is 32.1. The van der Waals surface area contributed by atoms with Gasteiger partial charge in [-0.1, -0.05) is 133 Å². The molecular weight excluding hydrogens is 735 g/mol. The summed E-state index contributed by atoms with van der Waals surface area (Å²) in [6.45, 7) is 0. The summed E-state index contributed by atoms with van der Waals surface area (Å²) in [5.41, 5.74) is 12.3. The van der Waals surface area contributed by atoms with Crippen LogP contribution in [0.2, 0.25) is 0 Å². The molecule has 0 amide bonds. The predicted octanol–water partition coefficient (Wildman–Crippen LogP) is 15.3. The Morgan fingerprint density at radius 1 is 0.322 bits per heavy atom. The van der Waals surface area contributed by atoms with Crippen molar-refractivity contribution in [3.05, 3.63) is 200 Å². The van der Waals surface area contributed by atoms with Crippen molar-refractivity contribution in [2.75, 3.05) is 0 Å². The first-order valence-electron chi connectivity index (χ1n) is 20.1. The number of thiophene rings is 1. The molecule has 0 bridgehead atoms. The van der Waals surface area contributed by atoms with Crippen LogP contribution in [0.15, 0.2) is 200 Å². The Labute approximate surface area is 343 Å². The van der Waals surface area contributed by atoms with Gasteiger partial charge in [-0.15, -0.1) is 11.3 Å². The third kappa shape index (κ3) is 4.78. The van der Waals surface area contributed by atoms with Crippen molar-refractivity contribution in [1.29, 1.82) is 0 Å². The van der Waals surface area contributed by atoms with Crippen LogP contribution < -0.4 is 0 Å². The van der Waals surface area contributed by atoms with E-state index in [1.54, 1.807) is 0 Å². The number of hydrogen-bond acceptors (Lipinski definition) is 2. The SMILES string of the molecule is c1cc(-c2cc(-n3c4ccccc4c4ccccc43)cc(-n3c4ccccc4c4ccccc43)c2)cc(-c2nc3ccccc3c3c2ccc2sc4ccccc4c23)c1. The monoisotopic (exact) mass is 767 g/mol. The van der Waals surface area contributed by atoms with Gasteiger partial charge >= 0.3 is 0 Å². The topological polar surface area (TPSA) is 22.8 Å². The molecular formula is C55H33N3S. The minimum atomic E-state index is 0.999. The van der Waals surface area contributed by atoms with Crippen molar-refractivity contribution in [2.24, 2.45) is 0 Å². The van der Waals surface area contributed by atoms with Crippen molar-refractivity contribution >= 4 is 96.8 Å². The minimum Gasteiger partial charge on any atom is -0.309 e. The maximum Gasteiger partial charge on any atom is 0.0788 e. The van der Waals surface area contributed by atoms with E-state index >= 15 is 0 Å². The zero-order valence-corrected chi connectivity index (χ0v) is 32.6. The van der Waals surface area contributed by atoms with Crippen molar-refractivity contribution in [2.45, 2.75) is 0 Å². The zero-order valence-electron chi connectivity index (χ0n) is 31.8. The molecule has 4 heteroatoms. The first kappa shape index (κ1) is 32.5. The van der Waals surface area contributed by atoms with Gasteiger partial charge in [0.1, 0.15) is 0 Å². The Morgan fingerprint density at radius 2 is 0.831 bits per heavy atom. The maximum atomic E-state index is 5.43. The second-order valence-electron chi connectivity index (χ2n) is 15.5. The smallest absolute Gasteiger partial charge is 0.0788 e. The lowest BCUT2D eigenvalue weighted by atomic mass is 9.94. The number of aromatic nitrogens is 3. The molecule has 0 atom stereocenters. The van der Waals surface area contributed by atoms with E-state index in [1.165, 1.54) is 79.9 Å². The molecule has 0 spiro atoms. The Bertz CT molecular complexity index is 3620. The third-order valence-corrected chi connectivity index (χ3v) is 13.4. The lowest BCUT2D eigenvalue weighted by Gasteiger charge is -2.16. The molecule has 0 saturated heterocycles. The highest BCUT2D eigenvalue weighted by molar-refractivity contribution is 7.26. The van der Waals surface area contributed by atoms with Crippen LogP contribution in [0.4, 0.5) is 0 Å². The van der Waals surface area contributed by atoms with Crippen LogP contribution in [0.3, 0.4) is 0 Å². The van der Waals surface area contributed by atoms with E-state index in [0.29, 0.717) is 0 Å². The van der Waals surface area contributed by atoms with Crippen molar-refractivity contribution in [3.8, 4) is 33.8 Å². The van der Waals surface area contributed by atoms with E-state index < -0.39 is 0 Å². The highest BCUT2D eigenvalue weighted by Gasteiger charge is 2.19. The molecule has 59 heavy (non-hydrogen) atoms. The fraction of sp³-hybridized carbons (Fsp3) is 0. The molecule has 0 N–H and O–H groups in total. The number of rotatable bonds is 4. The average Bonchev–Trinajstić information content (AvgIpc) is 3.96. The van der Waals surface area contributed by atoms with Gasteiger partial charge in [-0.3, -0.25) is 0 Å². The normalized spacial score (nSPS) is 12.1. The first-order valence-corrected chi connectivity index (χ1v) is 20.9. The summed E-state index contributed by atoms with van der Waals surface area (Å²) in [6, 6.07) is 73.2.